The van der Waals surface area contributed by atoms with Gasteiger partial charge in [0.05, 0.1) is 18.2 Å². The minimum atomic E-state index is -0.114. The van der Waals surface area contributed by atoms with Crippen LogP contribution in [-0.4, -0.2) is 46.5 Å². The van der Waals surface area contributed by atoms with Gasteiger partial charge in [0.2, 0.25) is 5.88 Å². The highest BCUT2D eigenvalue weighted by atomic mass is 16.5. The summed E-state index contributed by atoms with van der Waals surface area (Å²) in [7, 11) is 1.87. The Labute approximate surface area is 188 Å². The van der Waals surface area contributed by atoms with Crippen LogP contribution in [0.2, 0.25) is 0 Å². The van der Waals surface area contributed by atoms with Gasteiger partial charge in [-0.05, 0) is 31.9 Å². The molecule has 3 aromatic rings. The molecule has 7 nitrogen and oxygen atoms in total. The summed E-state index contributed by atoms with van der Waals surface area (Å²) in [6, 6.07) is 19.5. The van der Waals surface area contributed by atoms with Gasteiger partial charge in [-0.15, -0.1) is 0 Å². The van der Waals surface area contributed by atoms with Gasteiger partial charge in [-0.3, -0.25) is 0 Å². The SMILES string of the molecule is CCNC(=O)N(Cc1c(-c2ccccc2)nn(C)c1Oc1ccccc1)C[C@@H]1CCCO1. The second-order valence-corrected chi connectivity index (χ2v) is 7.89. The summed E-state index contributed by atoms with van der Waals surface area (Å²) in [6.45, 7) is 4.13. The van der Waals surface area contributed by atoms with Gasteiger partial charge in [-0.25, -0.2) is 9.48 Å². The van der Waals surface area contributed by atoms with Crippen molar-refractivity contribution in [1.29, 1.82) is 0 Å². The Bertz CT molecular complexity index is 1010. The molecule has 7 heteroatoms. The fraction of sp³-hybridized carbons (Fsp3) is 0.360. The molecule has 0 unspecified atom stereocenters. The van der Waals surface area contributed by atoms with Crippen molar-refractivity contribution in [3.63, 3.8) is 0 Å². The van der Waals surface area contributed by atoms with Crippen molar-refractivity contribution in [2.45, 2.75) is 32.4 Å². The number of urea groups is 1. The van der Waals surface area contributed by atoms with E-state index >= 15 is 0 Å². The normalized spacial score (nSPS) is 15.5. The minimum absolute atomic E-state index is 0.0490. The Kier molecular flexibility index (Phi) is 7.07. The number of nitrogens with zero attached hydrogens (tertiary/aromatic N) is 3. The molecular formula is C25H30N4O3. The summed E-state index contributed by atoms with van der Waals surface area (Å²) in [5.41, 5.74) is 2.65. The summed E-state index contributed by atoms with van der Waals surface area (Å²) in [4.78, 5) is 14.8. The molecule has 0 aliphatic carbocycles. The maximum absolute atomic E-state index is 13.0. The van der Waals surface area contributed by atoms with Gasteiger partial charge in [-0.1, -0.05) is 48.5 Å². The molecule has 0 radical (unpaired) electrons. The Hall–Kier alpha value is -3.32. The zero-order valence-corrected chi connectivity index (χ0v) is 18.7. The number of nitrogens with one attached hydrogen (secondary N) is 1. The summed E-state index contributed by atoms with van der Waals surface area (Å²) in [5, 5.41) is 7.71. The second kappa shape index (κ2) is 10.3. The van der Waals surface area contributed by atoms with E-state index in [9.17, 15) is 4.79 Å². The van der Waals surface area contributed by atoms with Crippen LogP contribution < -0.4 is 10.1 Å². The molecule has 168 valence electrons. The third-order valence-electron chi connectivity index (χ3n) is 5.51. The number of hydrogen-bond donors (Lipinski definition) is 1. The molecule has 2 amide bonds. The lowest BCUT2D eigenvalue weighted by Gasteiger charge is -2.26. The molecule has 1 saturated heterocycles. The van der Waals surface area contributed by atoms with E-state index in [4.69, 9.17) is 14.6 Å². The van der Waals surface area contributed by atoms with Crippen molar-refractivity contribution in [3.05, 3.63) is 66.2 Å². The van der Waals surface area contributed by atoms with E-state index in [1.807, 2.05) is 74.6 Å². The van der Waals surface area contributed by atoms with Crippen LogP contribution in [0.5, 0.6) is 11.6 Å². The first-order valence-electron chi connectivity index (χ1n) is 11.1. The lowest BCUT2D eigenvalue weighted by Crippen LogP contribution is -2.43. The predicted molar refractivity (Wildman–Crippen MR) is 124 cm³/mol. The molecule has 0 spiro atoms. The third kappa shape index (κ3) is 5.11. The molecule has 1 N–H and O–H groups in total. The molecule has 1 aliphatic heterocycles. The monoisotopic (exact) mass is 434 g/mol. The first kappa shape index (κ1) is 21.9. The lowest BCUT2D eigenvalue weighted by molar-refractivity contribution is 0.0794. The average molecular weight is 435 g/mol. The van der Waals surface area contributed by atoms with Gasteiger partial charge < -0.3 is 19.7 Å². The maximum atomic E-state index is 13.0. The van der Waals surface area contributed by atoms with E-state index in [2.05, 4.69) is 5.32 Å². The van der Waals surface area contributed by atoms with Crippen molar-refractivity contribution in [1.82, 2.24) is 20.0 Å². The Balaban J connectivity index is 1.72. The lowest BCUT2D eigenvalue weighted by atomic mass is 10.1. The first-order valence-corrected chi connectivity index (χ1v) is 11.1. The largest absolute Gasteiger partial charge is 0.439 e. The molecular weight excluding hydrogens is 404 g/mol. The third-order valence-corrected chi connectivity index (χ3v) is 5.51. The molecule has 1 aliphatic rings. The molecule has 1 atom stereocenters. The van der Waals surface area contributed by atoms with Gasteiger partial charge in [0.15, 0.2) is 0 Å². The van der Waals surface area contributed by atoms with Crippen LogP contribution >= 0.6 is 0 Å². The first-order chi connectivity index (χ1) is 15.7. The molecule has 32 heavy (non-hydrogen) atoms. The van der Waals surface area contributed by atoms with E-state index in [-0.39, 0.29) is 12.1 Å². The zero-order chi connectivity index (χ0) is 22.3. The molecule has 0 bridgehead atoms. The average Bonchev–Trinajstić information content (AvgIpc) is 3.43. The van der Waals surface area contributed by atoms with Gasteiger partial charge in [-0.2, -0.15) is 5.10 Å². The van der Waals surface area contributed by atoms with Crippen LogP contribution in [0, 0.1) is 0 Å². The highest BCUT2D eigenvalue weighted by Gasteiger charge is 2.27. The predicted octanol–water partition coefficient (Wildman–Crippen LogP) is 4.59. The Morgan fingerprint density at radius 2 is 1.91 bits per heavy atom. The summed E-state index contributed by atoms with van der Waals surface area (Å²) >= 11 is 0. The van der Waals surface area contributed by atoms with Crippen molar-refractivity contribution >= 4 is 6.03 Å². The van der Waals surface area contributed by atoms with Crippen LogP contribution in [0.1, 0.15) is 25.3 Å². The topological polar surface area (TPSA) is 68.6 Å². The highest BCUT2D eigenvalue weighted by molar-refractivity contribution is 5.75. The number of benzene rings is 2. The second-order valence-electron chi connectivity index (χ2n) is 7.89. The number of carbonyl (C=O) groups is 1. The Morgan fingerprint density at radius 1 is 1.19 bits per heavy atom. The molecule has 2 aromatic carbocycles. The number of aromatic nitrogens is 2. The van der Waals surface area contributed by atoms with Crippen molar-refractivity contribution in [3.8, 4) is 22.9 Å². The number of aryl methyl sites for hydroxylation is 1. The molecule has 1 fully saturated rings. The van der Waals surface area contributed by atoms with Crippen molar-refractivity contribution in [2.75, 3.05) is 19.7 Å². The van der Waals surface area contributed by atoms with Crippen molar-refractivity contribution < 1.29 is 14.3 Å². The van der Waals surface area contributed by atoms with Crippen molar-refractivity contribution in [2.24, 2.45) is 7.05 Å². The van der Waals surface area contributed by atoms with Gasteiger partial charge in [0.25, 0.3) is 0 Å². The number of rotatable bonds is 8. The molecule has 1 aromatic heterocycles. The van der Waals surface area contributed by atoms with Crippen LogP contribution in [0.4, 0.5) is 4.79 Å². The van der Waals surface area contributed by atoms with Gasteiger partial charge in [0.1, 0.15) is 11.4 Å². The van der Waals surface area contributed by atoms with E-state index in [1.54, 1.807) is 9.58 Å². The zero-order valence-electron chi connectivity index (χ0n) is 18.7. The highest BCUT2D eigenvalue weighted by Crippen LogP contribution is 2.34. The molecule has 0 saturated carbocycles. The fourth-order valence-corrected chi connectivity index (χ4v) is 3.96. The van der Waals surface area contributed by atoms with Crippen LogP contribution in [0.25, 0.3) is 11.3 Å². The van der Waals surface area contributed by atoms with Gasteiger partial charge >= 0.3 is 6.03 Å². The van der Waals surface area contributed by atoms with E-state index in [0.717, 1.165) is 42.0 Å². The number of ether oxygens (including phenoxy) is 2. The van der Waals surface area contributed by atoms with E-state index < -0.39 is 0 Å². The smallest absolute Gasteiger partial charge is 0.317 e. The van der Waals surface area contributed by atoms with Gasteiger partial charge in [0, 0.05) is 32.3 Å². The van der Waals surface area contributed by atoms with Crippen LogP contribution in [-0.2, 0) is 18.3 Å². The minimum Gasteiger partial charge on any atom is -0.439 e. The van der Waals surface area contributed by atoms with Crippen LogP contribution in [0.3, 0.4) is 0 Å². The quantitative estimate of drug-likeness (QED) is 0.563. The van der Waals surface area contributed by atoms with E-state index in [1.165, 1.54) is 0 Å². The number of hydrogen-bond acceptors (Lipinski definition) is 4. The number of para-hydroxylation sites is 1. The number of carbonyl (C=O) groups excluding carboxylic acids is 1. The van der Waals surface area contributed by atoms with E-state index in [0.29, 0.717) is 25.5 Å². The molecule has 2 heterocycles. The summed E-state index contributed by atoms with van der Waals surface area (Å²) in [5.74, 6) is 1.34. The summed E-state index contributed by atoms with van der Waals surface area (Å²) < 4.78 is 13.8. The molecule has 4 rings (SSSR count). The standard InChI is InChI=1S/C25H30N4O3/c1-3-26-25(30)29(17-21-15-10-16-31-21)18-22-23(19-11-6-4-7-12-19)27-28(2)24(22)32-20-13-8-5-9-14-20/h4-9,11-14,21H,3,10,15-18H2,1-2H3,(H,26,30)/t21-/m0/s1. The maximum Gasteiger partial charge on any atom is 0.317 e. The van der Waals surface area contributed by atoms with Crippen LogP contribution in [0.15, 0.2) is 60.7 Å². The number of amides is 2. The summed E-state index contributed by atoms with van der Waals surface area (Å²) in [6.07, 6.45) is 2.04. The Morgan fingerprint density at radius 3 is 2.56 bits per heavy atom. The fourth-order valence-electron chi connectivity index (χ4n) is 3.96.